The molecule has 0 aliphatic heterocycles. The first-order valence-electron chi connectivity index (χ1n) is 14.3. The van der Waals surface area contributed by atoms with Gasteiger partial charge in [0.15, 0.2) is 0 Å². The Morgan fingerprint density at radius 3 is 2.16 bits per heavy atom. The minimum absolute atomic E-state index is 0.116. The van der Waals surface area contributed by atoms with Crippen molar-refractivity contribution in [2.24, 2.45) is 11.8 Å². The standard InChI is InChI=1S/C36H43F/c1-3-4-6-9-29-12-14-30(15-13-29)18-21-33-23-25-35(36(37)27-33)24-22-31-16-19-32(20-17-31)26-28(2)34-10-7-5-8-11-34/h3-5,7-8,10-11,16-17,19-20,22-25,27-30H,6,9,12-15,18,21,26H2,1-2H3/b4-3+,24-22+. The lowest BCUT2D eigenvalue weighted by Gasteiger charge is -2.28. The topological polar surface area (TPSA) is 0 Å². The van der Waals surface area contributed by atoms with Crippen molar-refractivity contribution in [1.29, 1.82) is 0 Å². The maximum Gasteiger partial charge on any atom is 0.130 e. The van der Waals surface area contributed by atoms with Crippen LogP contribution in [0.2, 0.25) is 0 Å². The van der Waals surface area contributed by atoms with Crippen LogP contribution in [0, 0.1) is 17.7 Å². The van der Waals surface area contributed by atoms with Gasteiger partial charge in [0.05, 0.1) is 0 Å². The van der Waals surface area contributed by atoms with Gasteiger partial charge in [-0.15, -0.1) is 0 Å². The first kappa shape index (κ1) is 27.1. The Morgan fingerprint density at radius 1 is 0.811 bits per heavy atom. The average Bonchev–Trinajstić information content (AvgIpc) is 2.93. The summed E-state index contributed by atoms with van der Waals surface area (Å²) in [5, 5.41) is 0. The fraction of sp³-hybridized carbons (Fsp3) is 0.389. The summed E-state index contributed by atoms with van der Waals surface area (Å²) < 4.78 is 14.8. The lowest BCUT2D eigenvalue weighted by Crippen LogP contribution is -2.15. The van der Waals surface area contributed by atoms with E-state index in [0.29, 0.717) is 11.5 Å². The molecule has 1 unspecified atom stereocenters. The zero-order valence-corrected chi connectivity index (χ0v) is 22.7. The smallest absolute Gasteiger partial charge is 0.130 e. The highest BCUT2D eigenvalue weighted by atomic mass is 19.1. The zero-order chi connectivity index (χ0) is 25.9. The van der Waals surface area contributed by atoms with Crippen LogP contribution >= 0.6 is 0 Å². The number of hydrogen-bond donors (Lipinski definition) is 0. The van der Waals surface area contributed by atoms with E-state index in [1.807, 2.05) is 18.2 Å². The second-order valence-electron chi connectivity index (χ2n) is 11.0. The van der Waals surface area contributed by atoms with E-state index in [9.17, 15) is 4.39 Å². The second kappa shape index (κ2) is 14.1. The molecule has 0 bridgehead atoms. The third kappa shape index (κ3) is 8.56. The van der Waals surface area contributed by atoms with E-state index >= 15 is 0 Å². The third-order valence-corrected chi connectivity index (χ3v) is 8.20. The number of rotatable bonds is 11. The van der Waals surface area contributed by atoms with Gasteiger partial charge in [0.1, 0.15) is 5.82 Å². The van der Waals surface area contributed by atoms with Crippen LogP contribution in [0.15, 0.2) is 84.9 Å². The molecule has 0 radical (unpaired) electrons. The van der Waals surface area contributed by atoms with Crippen molar-refractivity contribution in [2.75, 3.05) is 0 Å². The van der Waals surface area contributed by atoms with Gasteiger partial charge in [0.25, 0.3) is 0 Å². The van der Waals surface area contributed by atoms with E-state index in [-0.39, 0.29) is 5.82 Å². The molecule has 4 rings (SSSR count). The highest BCUT2D eigenvalue weighted by molar-refractivity contribution is 5.70. The summed E-state index contributed by atoms with van der Waals surface area (Å²) in [5.74, 6) is 2.08. The van der Waals surface area contributed by atoms with E-state index in [1.165, 1.54) is 56.1 Å². The predicted octanol–water partition coefficient (Wildman–Crippen LogP) is 10.4. The normalized spacial score (nSPS) is 19.0. The van der Waals surface area contributed by atoms with Crippen molar-refractivity contribution >= 4 is 12.2 Å². The van der Waals surface area contributed by atoms with Crippen molar-refractivity contribution < 1.29 is 4.39 Å². The quantitative estimate of drug-likeness (QED) is 0.184. The van der Waals surface area contributed by atoms with Gasteiger partial charge < -0.3 is 0 Å². The summed E-state index contributed by atoms with van der Waals surface area (Å²) in [6, 6.07) is 25.1. The van der Waals surface area contributed by atoms with E-state index in [2.05, 4.69) is 86.7 Å². The summed E-state index contributed by atoms with van der Waals surface area (Å²) in [7, 11) is 0. The van der Waals surface area contributed by atoms with Crippen LogP contribution in [0.4, 0.5) is 4.39 Å². The molecule has 3 aromatic carbocycles. The van der Waals surface area contributed by atoms with E-state index in [1.54, 1.807) is 6.07 Å². The first-order chi connectivity index (χ1) is 18.1. The van der Waals surface area contributed by atoms with Crippen molar-refractivity contribution in [1.82, 2.24) is 0 Å². The molecule has 194 valence electrons. The van der Waals surface area contributed by atoms with Gasteiger partial charge in [0, 0.05) is 5.56 Å². The Bertz CT molecular complexity index is 1130. The molecule has 3 aromatic rings. The lowest BCUT2D eigenvalue weighted by molar-refractivity contribution is 0.254. The predicted molar refractivity (Wildman–Crippen MR) is 158 cm³/mol. The van der Waals surface area contributed by atoms with Crippen molar-refractivity contribution in [3.05, 3.63) is 119 Å². The Labute approximate surface area is 224 Å². The van der Waals surface area contributed by atoms with Crippen LogP contribution in [0.1, 0.15) is 92.5 Å². The van der Waals surface area contributed by atoms with Gasteiger partial charge in [-0.05, 0) is 85.1 Å². The van der Waals surface area contributed by atoms with Crippen LogP contribution in [0.3, 0.4) is 0 Å². The summed E-state index contributed by atoms with van der Waals surface area (Å²) in [5.41, 5.74) is 5.58. The average molecular weight is 495 g/mol. The van der Waals surface area contributed by atoms with Gasteiger partial charge in [-0.2, -0.15) is 0 Å². The molecule has 37 heavy (non-hydrogen) atoms. The second-order valence-corrected chi connectivity index (χ2v) is 11.0. The third-order valence-electron chi connectivity index (χ3n) is 8.20. The molecule has 0 spiro atoms. The van der Waals surface area contributed by atoms with Gasteiger partial charge in [-0.1, -0.05) is 124 Å². The van der Waals surface area contributed by atoms with Gasteiger partial charge in [-0.3, -0.25) is 0 Å². The molecule has 1 fully saturated rings. The monoisotopic (exact) mass is 494 g/mol. The largest absolute Gasteiger partial charge is 0.206 e. The molecule has 0 aromatic heterocycles. The minimum atomic E-state index is -0.116. The highest BCUT2D eigenvalue weighted by Crippen LogP contribution is 2.34. The molecular weight excluding hydrogens is 451 g/mol. The van der Waals surface area contributed by atoms with Crippen molar-refractivity contribution in [3.63, 3.8) is 0 Å². The molecule has 1 aliphatic carbocycles. The molecule has 1 saturated carbocycles. The molecular formula is C36H43F. The van der Waals surface area contributed by atoms with E-state index in [4.69, 9.17) is 0 Å². The Balaban J connectivity index is 1.24. The SMILES string of the molecule is C/C=C/CCC1CCC(CCc2ccc(/C=C/c3ccc(CC(C)c4ccccc4)cc3)c(F)c2)CC1. The number of benzene rings is 3. The maximum atomic E-state index is 14.8. The maximum absolute atomic E-state index is 14.8. The van der Waals surface area contributed by atoms with E-state index < -0.39 is 0 Å². The Morgan fingerprint density at radius 2 is 1.49 bits per heavy atom. The fourth-order valence-corrected chi connectivity index (χ4v) is 5.74. The highest BCUT2D eigenvalue weighted by Gasteiger charge is 2.20. The summed E-state index contributed by atoms with van der Waals surface area (Å²) in [6.45, 7) is 4.38. The molecule has 1 heteroatoms. The van der Waals surface area contributed by atoms with Crippen molar-refractivity contribution in [2.45, 2.75) is 77.6 Å². The molecule has 0 nitrogen and oxygen atoms in total. The van der Waals surface area contributed by atoms with Crippen molar-refractivity contribution in [3.8, 4) is 0 Å². The van der Waals surface area contributed by atoms with Crippen LogP contribution in [0.25, 0.3) is 12.2 Å². The molecule has 0 N–H and O–H groups in total. The number of aryl methyl sites for hydroxylation is 1. The summed E-state index contributed by atoms with van der Waals surface area (Å²) in [4.78, 5) is 0. The van der Waals surface area contributed by atoms with Crippen LogP contribution in [0.5, 0.6) is 0 Å². The summed E-state index contributed by atoms with van der Waals surface area (Å²) >= 11 is 0. The number of allylic oxidation sites excluding steroid dienone is 2. The lowest BCUT2D eigenvalue weighted by atomic mass is 9.78. The Kier molecular flexibility index (Phi) is 10.4. The van der Waals surface area contributed by atoms with Gasteiger partial charge >= 0.3 is 0 Å². The van der Waals surface area contributed by atoms with Gasteiger partial charge in [-0.25, -0.2) is 4.39 Å². The minimum Gasteiger partial charge on any atom is -0.206 e. The molecule has 0 amide bonds. The molecule has 0 heterocycles. The first-order valence-corrected chi connectivity index (χ1v) is 14.3. The van der Waals surface area contributed by atoms with Crippen LogP contribution in [-0.2, 0) is 12.8 Å². The van der Waals surface area contributed by atoms with Gasteiger partial charge in [0.2, 0.25) is 0 Å². The molecule has 0 saturated heterocycles. The van der Waals surface area contributed by atoms with E-state index in [0.717, 1.165) is 35.8 Å². The Hall–Kier alpha value is -2.93. The molecule has 1 atom stereocenters. The van der Waals surface area contributed by atoms with Crippen LogP contribution < -0.4 is 0 Å². The summed E-state index contributed by atoms with van der Waals surface area (Å²) in [6.07, 6.45) is 19.5. The van der Waals surface area contributed by atoms with Crippen LogP contribution in [-0.4, -0.2) is 0 Å². The number of hydrogen-bond acceptors (Lipinski definition) is 0. The molecule has 1 aliphatic rings. The zero-order valence-electron chi connectivity index (χ0n) is 22.7. The number of halogens is 1. The fourth-order valence-electron chi connectivity index (χ4n) is 5.74.